The van der Waals surface area contributed by atoms with E-state index in [9.17, 15) is 4.79 Å². The molecule has 0 saturated carbocycles. The molecule has 4 heteroatoms. The van der Waals surface area contributed by atoms with Crippen molar-refractivity contribution >= 4 is 5.97 Å². The maximum absolute atomic E-state index is 11.4. The summed E-state index contributed by atoms with van der Waals surface area (Å²) in [6, 6.07) is 0. The standard InChI is InChI=1S/C9H20N2O2/c1-3-9(11,6-5-7-10)8(12)13-4-2/h3-7,10-11H2,1-2H3/t9-/m0/s1. The first-order chi connectivity index (χ1) is 6.10. The van der Waals surface area contributed by atoms with Crippen molar-refractivity contribution in [1.29, 1.82) is 0 Å². The molecule has 1 atom stereocenters. The molecule has 0 aliphatic rings. The van der Waals surface area contributed by atoms with E-state index in [-0.39, 0.29) is 5.97 Å². The van der Waals surface area contributed by atoms with E-state index in [1.807, 2.05) is 6.92 Å². The van der Waals surface area contributed by atoms with Gasteiger partial charge >= 0.3 is 5.97 Å². The molecule has 13 heavy (non-hydrogen) atoms. The third-order valence-corrected chi connectivity index (χ3v) is 2.14. The molecule has 0 unspecified atom stereocenters. The van der Waals surface area contributed by atoms with Crippen LogP contribution in [0.2, 0.25) is 0 Å². The Labute approximate surface area is 79.6 Å². The molecule has 0 aliphatic carbocycles. The predicted molar refractivity (Wildman–Crippen MR) is 52.1 cm³/mol. The highest BCUT2D eigenvalue weighted by molar-refractivity contribution is 5.80. The van der Waals surface area contributed by atoms with Crippen molar-refractivity contribution in [2.75, 3.05) is 13.2 Å². The SMILES string of the molecule is CCOC(=O)[C@](N)(CC)CCCN. The Bertz CT molecular complexity index is 162. The Morgan fingerprint density at radius 3 is 2.46 bits per heavy atom. The Morgan fingerprint density at radius 2 is 2.08 bits per heavy atom. The molecule has 0 heterocycles. The third-order valence-electron chi connectivity index (χ3n) is 2.14. The largest absolute Gasteiger partial charge is 0.465 e. The highest BCUT2D eigenvalue weighted by Crippen LogP contribution is 2.15. The fraction of sp³-hybridized carbons (Fsp3) is 0.889. The van der Waals surface area contributed by atoms with Crippen LogP contribution in [0.3, 0.4) is 0 Å². The summed E-state index contributed by atoms with van der Waals surface area (Å²) in [7, 11) is 0. The van der Waals surface area contributed by atoms with Gasteiger partial charge in [-0.15, -0.1) is 0 Å². The van der Waals surface area contributed by atoms with Gasteiger partial charge in [0.1, 0.15) is 5.54 Å². The average molecular weight is 188 g/mol. The molecule has 78 valence electrons. The highest BCUT2D eigenvalue weighted by atomic mass is 16.5. The van der Waals surface area contributed by atoms with Gasteiger partial charge in [-0.05, 0) is 32.7 Å². The lowest BCUT2D eigenvalue weighted by atomic mass is 9.92. The molecule has 4 nitrogen and oxygen atoms in total. The zero-order valence-corrected chi connectivity index (χ0v) is 8.51. The monoisotopic (exact) mass is 188 g/mol. The van der Waals surface area contributed by atoms with Crippen LogP contribution in [-0.4, -0.2) is 24.7 Å². The molecule has 0 bridgehead atoms. The molecule has 0 aliphatic heterocycles. The minimum absolute atomic E-state index is 0.314. The molecule has 0 radical (unpaired) electrons. The second-order valence-corrected chi connectivity index (χ2v) is 3.12. The summed E-state index contributed by atoms with van der Waals surface area (Å²) in [5.74, 6) is -0.314. The van der Waals surface area contributed by atoms with Gasteiger partial charge in [-0.3, -0.25) is 4.79 Å². The molecule has 0 rings (SSSR count). The van der Waals surface area contributed by atoms with Crippen LogP contribution < -0.4 is 11.5 Å². The molecule has 0 aromatic heterocycles. The normalized spacial score (nSPS) is 15.1. The summed E-state index contributed by atoms with van der Waals surface area (Å²) in [4.78, 5) is 11.4. The molecular weight excluding hydrogens is 168 g/mol. The van der Waals surface area contributed by atoms with Gasteiger partial charge in [0.15, 0.2) is 0 Å². The smallest absolute Gasteiger partial charge is 0.326 e. The van der Waals surface area contributed by atoms with Crippen molar-refractivity contribution in [1.82, 2.24) is 0 Å². The Balaban J connectivity index is 4.16. The number of esters is 1. The van der Waals surface area contributed by atoms with Crippen molar-refractivity contribution in [2.45, 2.75) is 38.6 Å². The van der Waals surface area contributed by atoms with Crippen LogP contribution in [0.1, 0.15) is 33.1 Å². The van der Waals surface area contributed by atoms with Crippen LogP contribution >= 0.6 is 0 Å². The van der Waals surface area contributed by atoms with Crippen LogP contribution in [0, 0.1) is 0 Å². The Hall–Kier alpha value is -0.610. The molecule has 0 aromatic rings. The predicted octanol–water partition coefficient (Wildman–Crippen LogP) is 0.396. The second kappa shape index (κ2) is 5.94. The van der Waals surface area contributed by atoms with E-state index in [0.29, 0.717) is 26.0 Å². The molecule has 4 N–H and O–H groups in total. The lowest BCUT2D eigenvalue weighted by Gasteiger charge is -2.25. The number of rotatable bonds is 6. The van der Waals surface area contributed by atoms with E-state index in [1.165, 1.54) is 0 Å². The summed E-state index contributed by atoms with van der Waals surface area (Å²) >= 11 is 0. The topological polar surface area (TPSA) is 78.3 Å². The van der Waals surface area contributed by atoms with Crippen molar-refractivity contribution < 1.29 is 9.53 Å². The maximum Gasteiger partial charge on any atom is 0.326 e. The van der Waals surface area contributed by atoms with Crippen LogP contribution in [-0.2, 0) is 9.53 Å². The summed E-state index contributed by atoms with van der Waals surface area (Å²) in [5.41, 5.74) is 10.4. The number of carbonyl (C=O) groups excluding carboxylic acids is 1. The van der Waals surface area contributed by atoms with Crippen molar-refractivity contribution in [3.8, 4) is 0 Å². The summed E-state index contributed by atoms with van der Waals surface area (Å²) < 4.78 is 4.89. The van der Waals surface area contributed by atoms with E-state index >= 15 is 0 Å². The third kappa shape index (κ3) is 3.74. The summed E-state index contributed by atoms with van der Waals surface area (Å²) in [6.07, 6.45) is 1.94. The van der Waals surface area contributed by atoms with E-state index in [4.69, 9.17) is 16.2 Å². The van der Waals surface area contributed by atoms with Crippen LogP contribution in [0.25, 0.3) is 0 Å². The quantitative estimate of drug-likeness (QED) is 0.591. The van der Waals surface area contributed by atoms with E-state index in [0.717, 1.165) is 6.42 Å². The summed E-state index contributed by atoms with van der Waals surface area (Å²) in [5, 5.41) is 0. The second-order valence-electron chi connectivity index (χ2n) is 3.12. The zero-order valence-electron chi connectivity index (χ0n) is 8.51. The molecule has 0 aromatic carbocycles. The number of hydrogen-bond donors (Lipinski definition) is 2. The number of nitrogens with two attached hydrogens (primary N) is 2. The van der Waals surface area contributed by atoms with Gasteiger partial charge in [-0.1, -0.05) is 6.92 Å². The van der Waals surface area contributed by atoms with Crippen molar-refractivity contribution in [3.63, 3.8) is 0 Å². The maximum atomic E-state index is 11.4. The Morgan fingerprint density at radius 1 is 1.46 bits per heavy atom. The van der Waals surface area contributed by atoms with E-state index in [1.54, 1.807) is 6.92 Å². The average Bonchev–Trinajstić information content (AvgIpc) is 2.14. The van der Waals surface area contributed by atoms with Crippen LogP contribution in [0.4, 0.5) is 0 Å². The van der Waals surface area contributed by atoms with E-state index < -0.39 is 5.54 Å². The minimum Gasteiger partial charge on any atom is -0.465 e. The first-order valence-electron chi connectivity index (χ1n) is 4.77. The fourth-order valence-electron chi connectivity index (χ4n) is 1.12. The molecule has 0 amide bonds. The number of carbonyl (C=O) groups is 1. The molecular formula is C9H20N2O2. The molecule has 0 saturated heterocycles. The molecule has 0 fully saturated rings. The first kappa shape index (κ1) is 12.4. The van der Waals surface area contributed by atoms with Gasteiger partial charge in [0.25, 0.3) is 0 Å². The van der Waals surface area contributed by atoms with Crippen LogP contribution in [0.15, 0.2) is 0 Å². The number of hydrogen-bond acceptors (Lipinski definition) is 4. The van der Waals surface area contributed by atoms with Gasteiger partial charge < -0.3 is 16.2 Å². The van der Waals surface area contributed by atoms with Gasteiger partial charge in [0.2, 0.25) is 0 Å². The Kier molecular flexibility index (Phi) is 5.66. The lowest BCUT2D eigenvalue weighted by Crippen LogP contribution is -2.48. The fourth-order valence-corrected chi connectivity index (χ4v) is 1.12. The van der Waals surface area contributed by atoms with Gasteiger partial charge in [0, 0.05) is 0 Å². The van der Waals surface area contributed by atoms with Gasteiger partial charge in [0.05, 0.1) is 6.61 Å². The van der Waals surface area contributed by atoms with Crippen LogP contribution in [0.5, 0.6) is 0 Å². The van der Waals surface area contributed by atoms with Crippen molar-refractivity contribution in [2.24, 2.45) is 11.5 Å². The van der Waals surface area contributed by atoms with Crippen molar-refractivity contribution in [3.05, 3.63) is 0 Å². The van der Waals surface area contributed by atoms with E-state index in [2.05, 4.69) is 0 Å². The first-order valence-corrected chi connectivity index (χ1v) is 4.77. The summed E-state index contributed by atoms with van der Waals surface area (Å²) in [6.45, 7) is 4.59. The zero-order chi connectivity index (χ0) is 10.3. The lowest BCUT2D eigenvalue weighted by molar-refractivity contribution is -0.150. The molecule has 0 spiro atoms. The highest BCUT2D eigenvalue weighted by Gasteiger charge is 2.32. The van der Waals surface area contributed by atoms with Gasteiger partial charge in [-0.25, -0.2) is 0 Å². The van der Waals surface area contributed by atoms with Gasteiger partial charge in [-0.2, -0.15) is 0 Å². The number of ether oxygens (including phenoxy) is 1. The minimum atomic E-state index is -0.838.